The maximum absolute atomic E-state index is 12.6. The predicted molar refractivity (Wildman–Crippen MR) is 119 cm³/mol. The molecule has 1 aromatic carbocycles. The first-order chi connectivity index (χ1) is 14.7. The Kier molecular flexibility index (Phi) is 8.33. The molecule has 8 nitrogen and oxygen atoms in total. The van der Waals surface area contributed by atoms with Crippen LogP contribution in [0.5, 0.6) is 0 Å². The van der Waals surface area contributed by atoms with Crippen LogP contribution in [-0.2, 0) is 9.53 Å². The summed E-state index contributed by atoms with van der Waals surface area (Å²) >= 11 is 0. The molecule has 2 saturated heterocycles. The number of benzene rings is 1. The lowest BCUT2D eigenvalue weighted by Crippen LogP contribution is -2.49. The van der Waals surface area contributed by atoms with Gasteiger partial charge in [0.15, 0.2) is 5.96 Å². The van der Waals surface area contributed by atoms with E-state index in [9.17, 15) is 9.90 Å². The Hall–Kier alpha value is -2.32. The summed E-state index contributed by atoms with van der Waals surface area (Å²) in [5.41, 5.74) is 1.17. The van der Waals surface area contributed by atoms with Crippen LogP contribution >= 0.6 is 0 Å². The molecule has 2 heterocycles. The van der Waals surface area contributed by atoms with Gasteiger partial charge >= 0.3 is 0 Å². The molecule has 1 atom stereocenters. The van der Waals surface area contributed by atoms with Gasteiger partial charge in [0, 0.05) is 77.1 Å². The number of amides is 1. The number of rotatable bonds is 8. The van der Waals surface area contributed by atoms with Gasteiger partial charge in [0.25, 0.3) is 0 Å². The first-order valence-electron chi connectivity index (χ1n) is 10.9. The topological polar surface area (TPSA) is 89.4 Å². The summed E-state index contributed by atoms with van der Waals surface area (Å²) in [6.45, 7) is 6.02. The second-order valence-electron chi connectivity index (χ2n) is 8.08. The molecule has 0 saturated carbocycles. The highest BCUT2D eigenvalue weighted by Gasteiger charge is 2.34. The number of hydrogen-bond acceptors (Lipinski definition) is 5. The predicted octanol–water partition coefficient (Wildman–Crippen LogP) is 0.679. The van der Waals surface area contributed by atoms with Crippen LogP contribution in [0.1, 0.15) is 19.3 Å². The number of ether oxygens (including phenoxy) is 1. The molecule has 3 rings (SSSR count). The molecule has 1 aromatic rings. The molecule has 0 radical (unpaired) electrons. The number of carbonyl (C=O) groups excluding carboxylic acids is 1. The van der Waals surface area contributed by atoms with Gasteiger partial charge in [0.05, 0.1) is 6.61 Å². The number of anilines is 1. The summed E-state index contributed by atoms with van der Waals surface area (Å²) in [5, 5.41) is 15.9. The number of para-hydroxylation sites is 1. The molecular formula is C22H35N5O3. The van der Waals surface area contributed by atoms with Crippen molar-refractivity contribution in [1.82, 2.24) is 15.5 Å². The van der Waals surface area contributed by atoms with Gasteiger partial charge in [-0.1, -0.05) is 18.2 Å². The van der Waals surface area contributed by atoms with E-state index in [0.29, 0.717) is 38.5 Å². The quantitative estimate of drug-likeness (QED) is 0.426. The summed E-state index contributed by atoms with van der Waals surface area (Å²) < 4.78 is 5.53. The molecular weight excluding hydrogens is 382 g/mol. The van der Waals surface area contributed by atoms with E-state index < -0.39 is 0 Å². The van der Waals surface area contributed by atoms with Crippen LogP contribution in [-0.4, -0.2) is 88.0 Å². The Morgan fingerprint density at radius 3 is 2.60 bits per heavy atom. The van der Waals surface area contributed by atoms with E-state index in [1.807, 2.05) is 23.1 Å². The van der Waals surface area contributed by atoms with Gasteiger partial charge in [-0.2, -0.15) is 0 Å². The molecule has 1 amide bonds. The van der Waals surface area contributed by atoms with Crippen molar-refractivity contribution in [1.29, 1.82) is 0 Å². The first kappa shape index (κ1) is 22.4. The van der Waals surface area contributed by atoms with Crippen LogP contribution < -0.4 is 15.5 Å². The van der Waals surface area contributed by atoms with Crippen LogP contribution in [0.25, 0.3) is 0 Å². The molecule has 166 valence electrons. The van der Waals surface area contributed by atoms with Crippen molar-refractivity contribution in [2.45, 2.75) is 19.3 Å². The Bertz CT molecular complexity index is 683. The van der Waals surface area contributed by atoms with Gasteiger partial charge in [-0.15, -0.1) is 0 Å². The van der Waals surface area contributed by atoms with E-state index in [0.717, 1.165) is 39.2 Å². The third-order valence-corrected chi connectivity index (χ3v) is 6.07. The van der Waals surface area contributed by atoms with Gasteiger partial charge < -0.3 is 30.3 Å². The van der Waals surface area contributed by atoms with E-state index in [-0.39, 0.29) is 17.9 Å². The van der Waals surface area contributed by atoms with Gasteiger partial charge in [-0.3, -0.25) is 9.79 Å². The van der Waals surface area contributed by atoms with Crippen molar-refractivity contribution in [3.8, 4) is 0 Å². The van der Waals surface area contributed by atoms with Gasteiger partial charge in [-0.05, 0) is 25.0 Å². The van der Waals surface area contributed by atoms with Crippen LogP contribution in [0.2, 0.25) is 0 Å². The average Bonchev–Trinajstić information content (AvgIpc) is 3.25. The highest BCUT2D eigenvalue weighted by atomic mass is 16.5. The third-order valence-electron chi connectivity index (χ3n) is 6.07. The lowest BCUT2D eigenvalue weighted by molar-refractivity contribution is -0.131. The zero-order valence-electron chi connectivity index (χ0n) is 18.0. The lowest BCUT2D eigenvalue weighted by atomic mass is 9.84. The van der Waals surface area contributed by atoms with E-state index in [2.05, 4.69) is 32.7 Å². The van der Waals surface area contributed by atoms with Gasteiger partial charge in [0.2, 0.25) is 5.91 Å². The number of carbonyl (C=O) groups is 1. The van der Waals surface area contributed by atoms with Gasteiger partial charge in [-0.25, -0.2) is 0 Å². The molecule has 3 N–H and O–H groups in total. The largest absolute Gasteiger partial charge is 0.396 e. The minimum absolute atomic E-state index is 0.0411. The van der Waals surface area contributed by atoms with E-state index in [4.69, 9.17) is 4.74 Å². The summed E-state index contributed by atoms with van der Waals surface area (Å²) in [7, 11) is 1.73. The number of nitrogens with zero attached hydrogens (tertiary/aromatic N) is 3. The van der Waals surface area contributed by atoms with Crippen LogP contribution in [0.4, 0.5) is 5.69 Å². The monoisotopic (exact) mass is 417 g/mol. The minimum atomic E-state index is -0.0411. The number of piperazine rings is 1. The highest BCUT2D eigenvalue weighted by molar-refractivity contribution is 5.81. The maximum atomic E-state index is 12.6. The fraction of sp³-hybridized carbons (Fsp3) is 0.636. The molecule has 2 fully saturated rings. The SMILES string of the molecule is CN=C(NCCC(=O)N1CCN(c2ccccc2)CC1)NCC1(CCO)CCOC1. The molecule has 2 aliphatic heterocycles. The fourth-order valence-corrected chi connectivity index (χ4v) is 4.10. The van der Waals surface area contributed by atoms with Crippen molar-refractivity contribution in [3.63, 3.8) is 0 Å². The molecule has 30 heavy (non-hydrogen) atoms. The number of aliphatic imine (C=N–C) groups is 1. The lowest BCUT2D eigenvalue weighted by Gasteiger charge is -2.36. The van der Waals surface area contributed by atoms with Crippen molar-refractivity contribution in [2.75, 3.05) is 71.0 Å². The normalized spacial score (nSPS) is 22.3. The standard InChI is InChI=1S/C22H35N5O3/c1-23-21(25-17-22(8-15-28)9-16-30-18-22)24-10-7-20(29)27-13-11-26(12-14-27)19-5-3-2-4-6-19/h2-6,28H,7-18H2,1H3,(H2,23,24,25). The average molecular weight is 418 g/mol. The van der Waals surface area contributed by atoms with Crippen LogP contribution in [0.15, 0.2) is 35.3 Å². The minimum Gasteiger partial charge on any atom is -0.396 e. The second kappa shape index (κ2) is 11.2. The number of hydrogen-bond donors (Lipinski definition) is 3. The van der Waals surface area contributed by atoms with Crippen molar-refractivity contribution < 1.29 is 14.6 Å². The Morgan fingerprint density at radius 1 is 1.20 bits per heavy atom. The Balaban J connectivity index is 1.36. The number of aliphatic hydroxyl groups excluding tert-OH is 1. The number of aliphatic hydroxyl groups is 1. The van der Waals surface area contributed by atoms with E-state index in [1.165, 1.54) is 5.69 Å². The fourth-order valence-electron chi connectivity index (χ4n) is 4.10. The summed E-state index contributed by atoms with van der Waals surface area (Å²) in [5.74, 6) is 0.854. The molecule has 0 spiro atoms. The molecule has 1 unspecified atom stereocenters. The second-order valence-corrected chi connectivity index (χ2v) is 8.08. The summed E-state index contributed by atoms with van der Waals surface area (Å²) in [6.07, 6.45) is 2.09. The molecule has 2 aliphatic rings. The zero-order chi connectivity index (χ0) is 21.2. The Morgan fingerprint density at radius 2 is 1.97 bits per heavy atom. The van der Waals surface area contributed by atoms with Crippen molar-refractivity contribution >= 4 is 17.6 Å². The molecule has 0 aromatic heterocycles. The van der Waals surface area contributed by atoms with Crippen molar-refractivity contribution in [2.24, 2.45) is 10.4 Å². The van der Waals surface area contributed by atoms with E-state index in [1.54, 1.807) is 7.05 Å². The number of nitrogens with one attached hydrogen (secondary N) is 2. The smallest absolute Gasteiger partial charge is 0.224 e. The first-order valence-corrected chi connectivity index (χ1v) is 10.9. The van der Waals surface area contributed by atoms with Gasteiger partial charge in [0.1, 0.15) is 0 Å². The van der Waals surface area contributed by atoms with Crippen LogP contribution in [0, 0.1) is 5.41 Å². The third kappa shape index (κ3) is 6.09. The zero-order valence-corrected chi connectivity index (χ0v) is 18.0. The van der Waals surface area contributed by atoms with Crippen molar-refractivity contribution in [3.05, 3.63) is 30.3 Å². The molecule has 0 bridgehead atoms. The summed E-state index contributed by atoms with van der Waals surface area (Å²) in [6, 6.07) is 10.3. The Labute approximate surface area is 179 Å². The van der Waals surface area contributed by atoms with Crippen LogP contribution in [0.3, 0.4) is 0 Å². The molecule has 8 heteroatoms. The highest BCUT2D eigenvalue weighted by Crippen LogP contribution is 2.31. The summed E-state index contributed by atoms with van der Waals surface area (Å²) in [4.78, 5) is 21.1. The van der Waals surface area contributed by atoms with E-state index >= 15 is 0 Å². The maximum Gasteiger partial charge on any atom is 0.224 e. The molecule has 0 aliphatic carbocycles. The number of guanidine groups is 1.